The monoisotopic (exact) mass is 328 g/mol. The van der Waals surface area contributed by atoms with Crippen LogP contribution >= 0.6 is 15.9 Å². The van der Waals surface area contributed by atoms with Crippen molar-refractivity contribution >= 4 is 15.9 Å². The van der Waals surface area contributed by atoms with Crippen molar-refractivity contribution in [1.29, 1.82) is 0 Å². The Morgan fingerprint density at radius 2 is 1.45 bits per heavy atom. The van der Waals surface area contributed by atoms with Crippen LogP contribution in [-0.2, 0) is 6.42 Å². The van der Waals surface area contributed by atoms with E-state index in [9.17, 15) is 0 Å². The average Bonchev–Trinajstić information content (AvgIpc) is 3.03. The summed E-state index contributed by atoms with van der Waals surface area (Å²) in [5.74, 6) is 0.829. The molecule has 1 fully saturated rings. The molecule has 0 aliphatic heterocycles. The van der Waals surface area contributed by atoms with E-state index in [2.05, 4.69) is 70.5 Å². The second-order valence-corrected chi connectivity index (χ2v) is 6.84. The van der Waals surface area contributed by atoms with E-state index in [0.29, 0.717) is 4.83 Å². The Morgan fingerprint density at radius 3 is 2.10 bits per heavy atom. The molecule has 0 aromatic heterocycles. The quantitative estimate of drug-likeness (QED) is 0.612. The summed E-state index contributed by atoms with van der Waals surface area (Å²) in [5, 5.41) is 0. The third kappa shape index (κ3) is 3.32. The topological polar surface area (TPSA) is 0 Å². The molecule has 0 bridgehead atoms. The lowest BCUT2D eigenvalue weighted by Crippen LogP contribution is -2.03. The van der Waals surface area contributed by atoms with Gasteiger partial charge in [-0.25, -0.2) is 0 Å². The minimum Gasteiger partial charge on any atom is -0.0836 e. The molecule has 0 spiro atoms. The fourth-order valence-corrected chi connectivity index (χ4v) is 4.01. The highest BCUT2D eigenvalue weighted by Gasteiger charge is 2.23. The Labute approximate surface area is 130 Å². The molecule has 1 heteroatoms. The van der Waals surface area contributed by atoms with Gasteiger partial charge in [0, 0.05) is 4.83 Å². The van der Waals surface area contributed by atoms with Crippen molar-refractivity contribution in [3.05, 3.63) is 71.3 Å². The van der Waals surface area contributed by atoms with Crippen LogP contribution < -0.4 is 0 Å². The van der Waals surface area contributed by atoms with Gasteiger partial charge in [0.25, 0.3) is 0 Å². The van der Waals surface area contributed by atoms with Crippen LogP contribution in [0.3, 0.4) is 0 Å². The Balaban J connectivity index is 1.68. The number of rotatable bonds is 4. The van der Waals surface area contributed by atoms with Crippen molar-refractivity contribution in [1.82, 2.24) is 0 Å². The van der Waals surface area contributed by atoms with E-state index in [4.69, 9.17) is 0 Å². The first-order valence-electron chi connectivity index (χ1n) is 7.60. The second-order valence-electron chi connectivity index (χ2n) is 5.85. The molecule has 1 unspecified atom stereocenters. The summed E-state index contributed by atoms with van der Waals surface area (Å²) in [6.07, 6.45) is 6.58. The van der Waals surface area contributed by atoms with Crippen molar-refractivity contribution in [2.24, 2.45) is 5.92 Å². The number of halogens is 1. The molecule has 3 rings (SSSR count). The Hall–Kier alpha value is -1.08. The molecule has 0 radical (unpaired) electrons. The molecule has 0 heterocycles. The van der Waals surface area contributed by atoms with Crippen LogP contribution in [0.5, 0.6) is 0 Å². The maximum Gasteiger partial charge on any atom is 0.0423 e. The first-order valence-corrected chi connectivity index (χ1v) is 8.51. The lowest BCUT2D eigenvalue weighted by atomic mass is 9.96. The number of hydrogen-bond acceptors (Lipinski definition) is 0. The van der Waals surface area contributed by atoms with Crippen molar-refractivity contribution < 1.29 is 0 Å². The molecule has 2 aromatic carbocycles. The standard InChI is InChI=1S/C19H21Br/c20-19(17-8-4-5-9-17)18-12-10-16(11-13-18)14-15-6-2-1-3-7-15/h1-3,6-7,10-13,17,19H,4-5,8-9,14H2. The van der Waals surface area contributed by atoms with Gasteiger partial charge in [-0.3, -0.25) is 0 Å². The molecule has 0 amide bonds. The molecule has 2 aromatic rings. The second kappa shape index (κ2) is 6.58. The highest BCUT2D eigenvalue weighted by atomic mass is 79.9. The summed E-state index contributed by atoms with van der Waals surface area (Å²) >= 11 is 3.90. The first-order chi connectivity index (χ1) is 9.83. The molecular formula is C19H21Br. The number of hydrogen-bond donors (Lipinski definition) is 0. The van der Waals surface area contributed by atoms with Gasteiger partial charge >= 0.3 is 0 Å². The van der Waals surface area contributed by atoms with E-state index in [1.54, 1.807) is 0 Å². The summed E-state index contributed by atoms with van der Waals surface area (Å²) in [7, 11) is 0. The fourth-order valence-electron chi connectivity index (χ4n) is 3.17. The molecule has 1 aliphatic carbocycles. The predicted octanol–water partition coefficient (Wildman–Crippen LogP) is 5.90. The van der Waals surface area contributed by atoms with Crippen LogP contribution in [0.1, 0.15) is 47.2 Å². The lowest BCUT2D eigenvalue weighted by molar-refractivity contribution is 0.542. The van der Waals surface area contributed by atoms with Gasteiger partial charge < -0.3 is 0 Å². The van der Waals surface area contributed by atoms with Crippen LogP contribution in [0, 0.1) is 5.92 Å². The van der Waals surface area contributed by atoms with E-state index in [0.717, 1.165) is 12.3 Å². The van der Waals surface area contributed by atoms with Crippen LogP contribution in [-0.4, -0.2) is 0 Å². The van der Waals surface area contributed by atoms with Crippen LogP contribution in [0.2, 0.25) is 0 Å². The summed E-state index contributed by atoms with van der Waals surface area (Å²) in [5.41, 5.74) is 4.21. The van der Waals surface area contributed by atoms with Crippen LogP contribution in [0.25, 0.3) is 0 Å². The molecule has 1 saturated carbocycles. The Bertz CT molecular complexity index is 523. The van der Waals surface area contributed by atoms with Gasteiger partial charge in [-0.15, -0.1) is 0 Å². The van der Waals surface area contributed by atoms with Crippen molar-refractivity contribution in [3.8, 4) is 0 Å². The average molecular weight is 329 g/mol. The number of benzene rings is 2. The van der Waals surface area contributed by atoms with Gasteiger partial charge in [0.05, 0.1) is 0 Å². The van der Waals surface area contributed by atoms with Gasteiger partial charge in [-0.2, -0.15) is 0 Å². The zero-order valence-corrected chi connectivity index (χ0v) is 13.4. The molecule has 20 heavy (non-hydrogen) atoms. The van der Waals surface area contributed by atoms with Crippen LogP contribution in [0.15, 0.2) is 54.6 Å². The smallest absolute Gasteiger partial charge is 0.0423 e. The maximum absolute atomic E-state index is 3.90. The minimum absolute atomic E-state index is 0.538. The molecule has 104 valence electrons. The van der Waals surface area contributed by atoms with E-state index in [-0.39, 0.29) is 0 Å². The molecule has 0 nitrogen and oxygen atoms in total. The number of alkyl halides is 1. The van der Waals surface area contributed by atoms with Gasteiger partial charge in [0.2, 0.25) is 0 Å². The SMILES string of the molecule is BrC(c1ccc(Cc2ccccc2)cc1)C1CCCC1. The summed E-state index contributed by atoms with van der Waals surface area (Å²) in [6, 6.07) is 19.9. The molecular weight excluding hydrogens is 308 g/mol. The Morgan fingerprint density at radius 1 is 0.850 bits per heavy atom. The third-order valence-corrected chi connectivity index (χ3v) is 5.64. The molecule has 1 atom stereocenters. The van der Waals surface area contributed by atoms with Gasteiger partial charge in [-0.05, 0) is 41.9 Å². The first kappa shape index (κ1) is 13.9. The van der Waals surface area contributed by atoms with Gasteiger partial charge in [0.1, 0.15) is 0 Å². The van der Waals surface area contributed by atoms with Gasteiger partial charge in [-0.1, -0.05) is 83.4 Å². The van der Waals surface area contributed by atoms with E-state index >= 15 is 0 Å². The predicted molar refractivity (Wildman–Crippen MR) is 89.3 cm³/mol. The summed E-state index contributed by atoms with van der Waals surface area (Å²) < 4.78 is 0. The molecule has 0 saturated heterocycles. The van der Waals surface area contributed by atoms with E-state index in [1.807, 2.05) is 0 Å². The van der Waals surface area contributed by atoms with E-state index in [1.165, 1.54) is 42.4 Å². The van der Waals surface area contributed by atoms with Crippen molar-refractivity contribution in [2.45, 2.75) is 36.9 Å². The largest absolute Gasteiger partial charge is 0.0836 e. The lowest BCUT2D eigenvalue weighted by Gasteiger charge is -2.17. The summed E-state index contributed by atoms with van der Waals surface area (Å²) in [4.78, 5) is 0.538. The molecule has 0 N–H and O–H groups in total. The zero-order chi connectivity index (χ0) is 13.8. The molecule has 1 aliphatic rings. The van der Waals surface area contributed by atoms with Crippen molar-refractivity contribution in [2.75, 3.05) is 0 Å². The minimum atomic E-state index is 0.538. The Kier molecular flexibility index (Phi) is 4.57. The van der Waals surface area contributed by atoms with Gasteiger partial charge in [0.15, 0.2) is 0 Å². The third-order valence-electron chi connectivity index (χ3n) is 4.36. The normalized spacial score (nSPS) is 17.2. The highest BCUT2D eigenvalue weighted by molar-refractivity contribution is 9.09. The fraction of sp³-hybridized carbons (Fsp3) is 0.368. The summed E-state index contributed by atoms with van der Waals surface area (Å²) in [6.45, 7) is 0. The van der Waals surface area contributed by atoms with Crippen LogP contribution in [0.4, 0.5) is 0 Å². The van der Waals surface area contributed by atoms with E-state index < -0.39 is 0 Å². The zero-order valence-electron chi connectivity index (χ0n) is 11.8. The maximum atomic E-state index is 3.90. The highest BCUT2D eigenvalue weighted by Crippen LogP contribution is 2.41. The van der Waals surface area contributed by atoms with Crippen molar-refractivity contribution in [3.63, 3.8) is 0 Å².